The van der Waals surface area contributed by atoms with E-state index >= 15 is 0 Å². The van der Waals surface area contributed by atoms with E-state index in [0.29, 0.717) is 6.42 Å². The summed E-state index contributed by atoms with van der Waals surface area (Å²) in [4.78, 5) is 12.2. The second-order valence-corrected chi connectivity index (χ2v) is 5.38. The van der Waals surface area contributed by atoms with Gasteiger partial charge in [0.1, 0.15) is 11.5 Å². The molecule has 0 aliphatic rings. The summed E-state index contributed by atoms with van der Waals surface area (Å²) in [5, 5.41) is 3.02. The topological polar surface area (TPSA) is 47.6 Å². The van der Waals surface area contributed by atoms with Gasteiger partial charge < -0.3 is 14.8 Å². The highest BCUT2D eigenvalue weighted by Gasteiger charge is 2.15. The highest BCUT2D eigenvalue weighted by molar-refractivity contribution is 5.76. The van der Waals surface area contributed by atoms with Crippen LogP contribution in [0.25, 0.3) is 0 Å². The molecule has 1 atom stereocenters. The molecule has 122 valence electrons. The van der Waals surface area contributed by atoms with Crippen molar-refractivity contribution in [3.8, 4) is 11.5 Å². The smallest absolute Gasteiger partial charge is 0.220 e. The molecule has 4 nitrogen and oxygen atoms in total. The van der Waals surface area contributed by atoms with Crippen molar-refractivity contribution < 1.29 is 14.3 Å². The van der Waals surface area contributed by atoms with Crippen LogP contribution < -0.4 is 14.8 Å². The van der Waals surface area contributed by atoms with Crippen molar-refractivity contribution in [2.24, 2.45) is 0 Å². The number of nitrogens with one attached hydrogen (secondary N) is 1. The number of carbonyl (C=O) groups is 1. The average molecular weight is 313 g/mol. The van der Waals surface area contributed by atoms with E-state index < -0.39 is 0 Å². The maximum atomic E-state index is 12.2. The van der Waals surface area contributed by atoms with Gasteiger partial charge in [-0.2, -0.15) is 0 Å². The summed E-state index contributed by atoms with van der Waals surface area (Å²) in [6, 6.07) is 15.4. The lowest BCUT2D eigenvalue weighted by molar-refractivity contribution is -0.121. The number of ether oxygens (including phenoxy) is 2. The minimum absolute atomic E-state index is 0.0197. The predicted octanol–water partition coefficient (Wildman–Crippen LogP) is 3.51. The zero-order valence-corrected chi connectivity index (χ0v) is 13.8. The SMILES string of the molecule is COc1ccc(OC)c([C@@H](C)NC(=O)CCc2ccccc2)c1. The van der Waals surface area contributed by atoms with Crippen LogP contribution in [0, 0.1) is 0 Å². The lowest BCUT2D eigenvalue weighted by Crippen LogP contribution is -2.27. The molecule has 0 unspecified atom stereocenters. The fourth-order valence-electron chi connectivity index (χ4n) is 2.47. The molecule has 2 rings (SSSR count). The van der Waals surface area contributed by atoms with Crippen LogP contribution in [0.15, 0.2) is 48.5 Å². The molecule has 23 heavy (non-hydrogen) atoms. The lowest BCUT2D eigenvalue weighted by Gasteiger charge is -2.18. The Labute approximate surface area is 137 Å². The van der Waals surface area contributed by atoms with Gasteiger partial charge in [-0.3, -0.25) is 4.79 Å². The van der Waals surface area contributed by atoms with Crippen LogP contribution in [0.5, 0.6) is 11.5 Å². The summed E-state index contributed by atoms with van der Waals surface area (Å²) in [5.41, 5.74) is 2.06. The second kappa shape index (κ2) is 8.22. The first-order valence-electron chi connectivity index (χ1n) is 7.69. The van der Waals surface area contributed by atoms with Crippen LogP contribution in [0.3, 0.4) is 0 Å². The molecule has 0 saturated heterocycles. The summed E-state index contributed by atoms with van der Waals surface area (Å²) in [5.74, 6) is 1.50. The molecule has 0 aliphatic heterocycles. The summed E-state index contributed by atoms with van der Waals surface area (Å²) >= 11 is 0. The number of hydrogen-bond acceptors (Lipinski definition) is 3. The van der Waals surface area contributed by atoms with Crippen molar-refractivity contribution in [3.63, 3.8) is 0 Å². The van der Waals surface area contributed by atoms with Crippen LogP contribution >= 0.6 is 0 Å². The number of rotatable bonds is 7. The van der Waals surface area contributed by atoms with Gasteiger partial charge in [-0.25, -0.2) is 0 Å². The Morgan fingerprint density at radius 2 is 1.83 bits per heavy atom. The number of methoxy groups -OCH3 is 2. The largest absolute Gasteiger partial charge is 0.497 e. The minimum atomic E-state index is -0.150. The molecular formula is C19H23NO3. The van der Waals surface area contributed by atoms with Crippen molar-refractivity contribution in [1.82, 2.24) is 5.32 Å². The Morgan fingerprint density at radius 3 is 2.48 bits per heavy atom. The highest BCUT2D eigenvalue weighted by Crippen LogP contribution is 2.29. The summed E-state index contributed by atoms with van der Waals surface area (Å²) in [6.45, 7) is 1.94. The molecule has 0 fully saturated rings. The van der Waals surface area contributed by atoms with Crippen LogP contribution in [-0.4, -0.2) is 20.1 Å². The molecular weight excluding hydrogens is 290 g/mol. The van der Waals surface area contributed by atoms with Crippen LogP contribution in [-0.2, 0) is 11.2 Å². The normalized spacial score (nSPS) is 11.6. The van der Waals surface area contributed by atoms with Crippen molar-refractivity contribution in [2.45, 2.75) is 25.8 Å². The van der Waals surface area contributed by atoms with Gasteiger partial charge in [-0.15, -0.1) is 0 Å². The molecule has 0 spiro atoms. The van der Waals surface area contributed by atoms with E-state index in [4.69, 9.17) is 9.47 Å². The van der Waals surface area contributed by atoms with Gasteiger partial charge in [0.15, 0.2) is 0 Å². The second-order valence-electron chi connectivity index (χ2n) is 5.38. The van der Waals surface area contributed by atoms with Gasteiger partial charge in [-0.05, 0) is 37.1 Å². The van der Waals surface area contributed by atoms with E-state index in [1.54, 1.807) is 14.2 Å². The van der Waals surface area contributed by atoms with Gasteiger partial charge >= 0.3 is 0 Å². The standard InChI is InChI=1S/C19H23NO3/c1-14(17-13-16(22-2)10-11-18(17)23-3)20-19(21)12-9-15-7-5-4-6-8-15/h4-8,10-11,13-14H,9,12H2,1-3H3,(H,20,21)/t14-/m1/s1. The van der Waals surface area contributed by atoms with Crippen molar-refractivity contribution >= 4 is 5.91 Å². The van der Waals surface area contributed by atoms with Crippen molar-refractivity contribution in [3.05, 3.63) is 59.7 Å². The van der Waals surface area contributed by atoms with E-state index in [0.717, 1.165) is 29.0 Å². The molecule has 0 bridgehead atoms. The highest BCUT2D eigenvalue weighted by atomic mass is 16.5. The Balaban J connectivity index is 1.98. The first kappa shape index (κ1) is 16.9. The van der Waals surface area contributed by atoms with Crippen molar-refractivity contribution in [2.75, 3.05) is 14.2 Å². The first-order valence-corrected chi connectivity index (χ1v) is 7.69. The van der Waals surface area contributed by atoms with E-state index in [1.807, 2.05) is 55.5 Å². The molecule has 1 amide bonds. The van der Waals surface area contributed by atoms with Gasteiger partial charge in [0.2, 0.25) is 5.91 Å². The molecule has 4 heteroatoms. The fourth-order valence-corrected chi connectivity index (χ4v) is 2.47. The third-order valence-corrected chi connectivity index (χ3v) is 3.76. The Bertz CT molecular complexity index is 640. The van der Waals surface area contributed by atoms with E-state index in [2.05, 4.69) is 5.32 Å². The third-order valence-electron chi connectivity index (χ3n) is 3.76. The Morgan fingerprint density at radius 1 is 1.09 bits per heavy atom. The molecule has 0 radical (unpaired) electrons. The van der Waals surface area contributed by atoms with E-state index in [9.17, 15) is 4.79 Å². The number of aryl methyl sites for hydroxylation is 1. The first-order chi connectivity index (χ1) is 11.1. The fraction of sp³-hybridized carbons (Fsp3) is 0.316. The molecule has 0 aliphatic carbocycles. The van der Waals surface area contributed by atoms with E-state index in [-0.39, 0.29) is 11.9 Å². The molecule has 2 aromatic rings. The van der Waals surface area contributed by atoms with Gasteiger partial charge in [0, 0.05) is 12.0 Å². The average Bonchev–Trinajstić information content (AvgIpc) is 2.60. The number of benzene rings is 2. The summed E-state index contributed by atoms with van der Waals surface area (Å²) < 4.78 is 10.6. The van der Waals surface area contributed by atoms with Crippen LogP contribution in [0.1, 0.15) is 30.5 Å². The molecule has 2 aromatic carbocycles. The quantitative estimate of drug-likeness (QED) is 0.851. The third kappa shape index (κ3) is 4.74. The zero-order chi connectivity index (χ0) is 16.7. The van der Waals surface area contributed by atoms with Crippen molar-refractivity contribution in [1.29, 1.82) is 0 Å². The molecule has 0 heterocycles. The molecule has 0 saturated carbocycles. The number of carbonyl (C=O) groups excluding carboxylic acids is 1. The number of hydrogen-bond donors (Lipinski definition) is 1. The van der Waals surface area contributed by atoms with Gasteiger partial charge in [0.05, 0.1) is 20.3 Å². The maximum absolute atomic E-state index is 12.2. The summed E-state index contributed by atoms with van der Waals surface area (Å²) in [7, 11) is 3.24. The van der Waals surface area contributed by atoms with Crippen LogP contribution in [0.4, 0.5) is 0 Å². The Kier molecular flexibility index (Phi) is 6.03. The molecule has 0 aromatic heterocycles. The maximum Gasteiger partial charge on any atom is 0.220 e. The lowest BCUT2D eigenvalue weighted by atomic mass is 10.1. The predicted molar refractivity (Wildman–Crippen MR) is 90.9 cm³/mol. The minimum Gasteiger partial charge on any atom is -0.497 e. The summed E-state index contributed by atoms with van der Waals surface area (Å²) in [6.07, 6.45) is 1.19. The zero-order valence-electron chi connectivity index (χ0n) is 13.8. The Hall–Kier alpha value is -2.49. The molecule has 1 N–H and O–H groups in total. The van der Waals surface area contributed by atoms with Gasteiger partial charge in [0.25, 0.3) is 0 Å². The van der Waals surface area contributed by atoms with E-state index in [1.165, 1.54) is 0 Å². The number of amides is 1. The van der Waals surface area contributed by atoms with Gasteiger partial charge in [-0.1, -0.05) is 30.3 Å². The monoisotopic (exact) mass is 313 g/mol. The van der Waals surface area contributed by atoms with Crippen LogP contribution in [0.2, 0.25) is 0 Å².